The van der Waals surface area contributed by atoms with E-state index in [0.29, 0.717) is 0 Å². The van der Waals surface area contributed by atoms with Gasteiger partial charge >= 0.3 is 0 Å². The van der Waals surface area contributed by atoms with Crippen LogP contribution in [0.4, 0.5) is 0 Å². The number of hydrogen-bond acceptors (Lipinski definition) is 0. The lowest BCUT2D eigenvalue weighted by molar-refractivity contribution is 1.19. The van der Waals surface area contributed by atoms with Crippen LogP contribution in [0.25, 0.3) is 92.8 Å². The Hall–Kier alpha value is -6.18. The maximum Gasteiger partial charge on any atom is 0.0626 e. The lowest BCUT2D eigenvalue weighted by Crippen LogP contribution is -1.94. The number of hydrogen-bond donors (Lipinski definition) is 0. The summed E-state index contributed by atoms with van der Waals surface area (Å²) in [6, 6.07) is 64.4. The van der Waals surface area contributed by atoms with Gasteiger partial charge in [0, 0.05) is 27.2 Å². The molecule has 1 nitrogen and oxygen atoms in total. The second kappa shape index (κ2) is 10.2. The first-order valence-electron chi connectivity index (χ1n) is 16.3. The minimum Gasteiger partial charge on any atom is -0.309 e. The Morgan fingerprint density at radius 2 is 0.894 bits per heavy atom. The molecule has 0 aliphatic carbocycles. The fourth-order valence-corrected chi connectivity index (χ4v) is 7.92. The highest BCUT2D eigenvalue weighted by Gasteiger charge is 2.21. The first-order valence-corrected chi connectivity index (χ1v) is 16.3. The first kappa shape index (κ1) is 26.1. The van der Waals surface area contributed by atoms with Crippen LogP contribution in [0, 0.1) is 0 Å². The molecule has 0 atom stereocenters. The maximum absolute atomic E-state index is 2.46. The van der Waals surface area contributed by atoms with Crippen LogP contribution in [0.15, 0.2) is 176 Å². The second-order valence-electron chi connectivity index (χ2n) is 12.5. The van der Waals surface area contributed by atoms with Gasteiger partial charge in [0.1, 0.15) is 0 Å². The highest BCUT2D eigenvalue weighted by Crippen LogP contribution is 2.47. The van der Waals surface area contributed by atoms with Gasteiger partial charge in [-0.3, -0.25) is 0 Å². The summed E-state index contributed by atoms with van der Waals surface area (Å²) in [6.07, 6.45) is 0. The van der Waals surface area contributed by atoms with Gasteiger partial charge in [0.2, 0.25) is 0 Å². The Morgan fingerprint density at radius 3 is 1.68 bits per heavy atom. The molecule has 10 rings (SSSR count). The molecule has 0 aliphatic rings. The van der Waals surface area contributed by atoms with Crippen molar-refractivity contribution in [3.05, 3.63) is 176 Å². The summed E-state index contributed by atoms with van der Waals surface area (Å²) >= 11 is 0. The van der Waals surface area contributed by atoms with E-state index in [4.69, 9.17) is 0 Å². The Morgan fingerprint density at radius 1 is 0.319 bits per heavy atom. The zero-order chi connectivity index (χ0) is 30.9. The Kier molecular flexibility index (Phi) is 5.64. The number of rotatable bonds is 3. The molecule has 0 fully saturated rings. The fraction of sp³-hybridized carbons (Fsp3) is 0. The third-order valence-corrected chi connectivity index (χ3v) is 9.95. The maximum atomic E-state index is 2.46. The van der Waals surface area contributed by atoms with Crippen LogP contribution in [0.1, 0.15) is 0 Å². The molecule has 0 amide bonds. The molecule has 0 bridgehead atoms. The molecule has 1 heteroatoms. The van der Waals surface area contributed by atoms with E-state index in [1.807, 2.05) is 0 Å². The molecule has 0 unspecified atom stereocenters. The summed E-state index contributed by atoms with van der Waals surface area (Å²) in [7, 11) is 0. The van der Waals surface area contributed by atoms with Gasteiger partial charge in [0.25, 0.3) is 0 Å². The molecule has 1 aromatic heterocycles. The van der Waals surface area contributed by atoms with Crippen LogP contribution in [0.5, 0.6) is 0 Å². The molecule has 0 spiro atoms. The highest BCUT2D eigenvalue weighted by atomic mass is 15.0. The van der Waals surface area contributed by atoms with Crippen molar-refractivity contribution in [3.8, 4) is 27.9 Å². The van der Waals surface area contributed by atoms with E-state index in [1.165, 1.54) is 92.8 Å². The largest absolute Gasteiger partial charge is 0.309 e. The van der Waals surface area contributed by atoms with Crippen molar-refractivity contribution in [1.82, 2.24) is 4.57 Å². The molecule has 0 aliphatic heterocycles. The number of aromatic nitrogens is 1. The molecule has 47 heavy (non-hydrogen) atoms. The van der Waals surface area contributed by atoms with Crippen LogP contribution in [-0.2, 0) is 0 Å². The van der Waals surface area contributed by atoms with Crippen molar-refractivity contribution < 1.29 is 0 Å². The zero-order valence-electron chi connectivity index (χ0n) is 25.7. The van der Waals surface area contributed by atoms with E-state index >= 15 is 0 Å². The normalized spacial score (nSPS) is 11.8. The van der Waals surface area contributed by atoms with E-state index in [-0.39, 0.29) is 0 Å². The summed E-state index contributed by atoms with van der Waals surface area (Å²) in [4.78, 5) is 0. The standard InChI is InChI=1S/C46H29N/c1-2-15-33(16-3-1)47-43-24-11-10-22-40(43)45-44-38-20-8-6-18-36(38)41(29-42(44)37-19-7-9-21-39(37)46(45)47)32-27-25-31(26-28-32)35-23-12-14-30-13-4-5-17-34(30)35/h1-29H. The van der Waals surface area contributed by atoms with Crippen LogP contribution in [0.2, 0.25) is 0 Å². The predicted molar refractivity (Wildman–Crippen MR) is 202 cm³/mol. The smallest absolute Gasteiger partial charge is 0.0626 e. The number of nitrogens with zero attached hydrogens (tertiary/aromatic N) is 1. The monoisotopic (exact) mass is 595 g/mol. The topological polar surface area (TPSA) is 4.93 Å². The van der Waals surface area contributed by atoms with E-state index in [0.717, 1.165) is 0 Å². The molecule has 9 aromatic carbocycles. The molecular weight excluding hydrogens is 567 g/mol. The Balaban J connectivity index is 1.30. The van der Waals surface area contributed by atoms with Gasteiger partial charge in [-0.1, -0.05) is 152 Å². The number of para-hydroxylation sites is 2. The zero-order valence-corrected chi connectivity index (χ0v) is 25.7. The van der Waals surface area contributed by atoms with Gasteiger partial charge in [0.05, 0.1) is 11.0 Å². The van der Waals surface area contributed by atoms with Crippen molar-refractivity contribution in [2.24, 2.45) is 0 Å². The van der Waals surface area contributed by atoms with Crippen LogP contribution in [-0.4, -0.2) is 4.57 Å². The average molecular weight is 596 g/mol. The summed E-state index contributed by atoms with van der Waals surface area (Å²) in [6.45, 7) is 0. The number of benzene rings is 9. The second-order valence-corrected chi connectivity index (χ2v) is 12.5. The third kappa shape index (κ3) is 3.84. The van der Waals surface area contributed by atoms with E-state index in [9.17, 15) is 0 Å². The minimum absolute atomic E-state index is 1.18. The van der Waals surface area contributed by atoms with Gasteiger partial charge in [-0.25, -0.2) is 0 Å². The Bertz CT molecular complexity index is 2820. The molecule has 218 valence electrons. The van der Waals surface area contributed by atoms with Crippen molar-refractivity contribution in [2.75, 3.05) is 0 Å². The van der Waals surface area contributed by atoms with Crippen molar-refractivity contribution >= 4 is 64.9 Å². The first-order chi connectivity index (χ1) is 23.3. The molecule has 1 heterocycles. The van der Waals surface area contributed by atoms with Crippen molar-refractivity contribution in [2.45, 2.75) is 0 Å². The SMILES string of the molecule is c1ccc(-n2c3ccccc3c3c4c5ccccc5c(-c5ccc(-c6cccc7ccccc67)cc5)cc4c4ccccc4c32)cc1. The van der Waals surface area contributed by atoms with Gasteiger partial charge < -0.3 is 4.57 Å². The van der Waals surface area contributed by atoms with Crippen molar-refractivity contribution in [3.63, 3.8) is 0 Å². The average Bonchev–Trinajstić information content (AvgIpc) is 3.50. The molecular formula is C46H29N. The van der Waals surface area contributed by atoms with Crippen molar-refractivity contribution in [1.29, 1.82) is 0 Å². The summed E-state index contributed by atoms with van der Waals surface area (Å²) < 4.78 is 2.46. The fourth-order valence-electron chi connectivity index (χ4n) is 7.92. The van der Waals surface area contributed by atoms with Crippen LogP contribution in [0.3, 0.4) is 0 Å². The predicted octanol–water partition coefficient (Wildman–Crippen LogP) is 12.7. The molecule has 0 N–H and O–H groups in total. The quantitative estimate of drug-likeness (QED) is 0.179. The van der Waals surface area contributed by atoms with Crippen LogP contribution >= 0.6 is 0 Å². The van der Waals surface area contributed by atoms with Gasteiger partial charge in [-0.15, -0.1) is 0 Å². The summed E-state index contributed by atoms with van der Waals surface area (Å²) in [5.74, 6) is 0. The van der Waals surface area contributed by atoms with E-state index in [2.05, 4.69) is 180 Å². The lowest BCUT2D eigenvalue weighted by Gasteiger charge is -2.16. The molecule has 0 saturated carbocycles. The Labute approximate surface area is 272 Å². The molecule has 0 saturated heterocycles. The minimum atomic E-state index is 1.18. The third-order valence-electron chi connectivity index (χ3n) is 9.95. The molecule has 0 radical (unpaired) electrons. The van der Waals surface area contributed by atoms with E-state index in [1.54, 1.807) is 0 Å². The summed E-state index contributed by atoms with van der Waals surface area (Å²) in [5.41, 5.74) is 8.64. The lowest BCUT2D eigenvalue weighted by atomic mass is 9.88. The van der Waals surface area contributed by atoms with Gasteiger partial charge in [-0.2, -0.15) is 0 Å². The highest BCUT2D eigenvalue weighted by molar-refractivity contribution is 6.38. The molecule has 10 aromatic rings. The summed E-state index contributed by atoms with van der Waals surface area (Å²) in [5, 5.41) is 12.8. The number of fused-ring (bicyclic) bond motifs is 11. The van der Waals surface area contributed by atoms with E-state index < -0.39 is 0 Å². The van der Waals surface area contributed by atoms with Gasteiger partial charge in [0.15, 0.2) is 0 Å². The van der Waals surface area contributed by atoms with Gasteiger partial charge in [-0.05, 0) is 78.8 Å². The van der Waals surface area contributed by atoms with Crippen LogP contribution < -0.4 is 0 Å².